The molecule has 2 aromatic carbocycles. The van der Waals surface area contributed by atoms with E-state index in [0.717, 1.165) is 16.9 Å². The second kappa shape index (κ2) is 11.5. The average molecular weight is 545 g/mol. The summed E-state index contributed by atoms with van der Waals surface area (Å²) in [6, 6.07) is 14.1. The zero-order chi connectivity index (χ0) is 28.4. The maximum absolute atomic E-state index is 13.4. The van der Waals surface area contributed by atoms with Gasteiger partial charge in [0.15, 0.2) is 6.61 Å². The number of rotatable bonds is 10. The number of imide groups is 1. The van der Waals surface area contributed by atoms with Gasteiger partial charge >= 0.3 is 11.9 Å². The van der Waals surface area contributed by atoms with E-state index in [4.69, 9.17) is 9.47 Å². The monoisotopic (exact) mass is 544 g/mol. The predicted octanol–water partition coefficient (Wildman–Crippen LogP) is 3.40. The molecule has 1 saturated heterocycles. The number of hydrogen-bond donors (Lipinski definition) is 1. The van der Waals surface area contributed by atoms with Crippen LogP contribution < -0.4 is 5.32 Å². The molecule has 0 spiro atoms. The third-order valence-electron chi connectivity index (χ3n) is 7.66. The van der Waals surface area contributed by atoms with Crippen molar-refractivity contribution in [3.8, 4) is 0 Å². The van der Waals surface area contributed by atoms with E-state index in [0.29, 0.717) is 17.9 Å². The van der Waals surface area contributed by atoms with Gasteiger partial charge in [-0.1, -0.05) is 56.3 Å². The fraction of sp³-hybridized carbons (Fsp3) is 0.387. The molecule has 3 aliphatic rings. The standard InChI is InChI=1S/C31H32N2O7/c1-18(2)16-39-30(37)20-10-12-23(13-11-20)32-25(34)17-40-31(38)24(14-19-6-4-3-5-7-19)33-28(35)26-21-8-9-22(15-21)27(26)29(33)36/h3-13,18,21-22,24,26-27H,14-17H2,1-2H3,(H,32,34)/t21-,22-,24-,26+,27+/m0/s1. The molecule has 2 aliphatic carbocycles. The Morgan fingerprint density at radius 1 is 0.900 bits per heavy atom. The van der Waals surface area contributed by atoms with Gasteiger partial charge in [0.1, 0.15) is 6.04 Å². The van der Waals surface area contributed by atoms with E-state index >= 15 is 0 Å². The molecule has 0 aromatic heterocycles. The molecule has 1 heterocycles. The first-order valence-corrected chi connectivity index (χ1v) is 13.6. The van der Waals surface area contributed by atoms with Gasteiger partial charge in [-0.2, -0.15) is 0 Å². The molecule has 2 bridgehead atoms. The van der Waals surface area contributed by atoms with E-state index in [1.165, 1.54) is 12.1 Å². The third kappa shape index (κ3) is 5.54. The molecule has 5 rings (SSSR count). The first kappa shape index (κ1) is 27.3. The molecule has 208 valence electrons. The molecular weight excluding hydrogens is 512 g/mol. The Bertz CT molecular complexity index is 1310. The second-order valence-corrected chi connectivity index (χ2v) is 11.0. The van der Waals surface area contributed by atoms with E-state index in [-0.39, 0.29) is 36.0 Å². The number of esters is 2. The molecule has 1 aliphatic heterocycles. The minimum Gasteiger partial charge on any atom is -0.462 e. The van der Waals surface area contributed by atoms with E-state index in [2.05, 4.69) is 5.32 Å². The zero-order valence-electron chi connectivity index (χ0n) is 22.4. The van der Waals surface area contributed by atoms with Gasteiger partial charge in [0.05, 0.1) is 24.0 Å². The summed E-state index contributed by atoms with van der Waals surface area (Å²) in [4.78, 5) is 65.8. The minimum atomic E-state index is -1.17. The highest BCUT2D eigenvalue weighted by Gasteiger charge is 2.61. The van der Waals surface area contributed by atoms with Crippen molar-refractivity contribution >= 4 is 35.3 Å². The number of benzene rings is 2. The topological polar surface area (TPSA) is 119 Å². The number of nitrogens with zero attached hydrogens (tertiary/aromatic N) is 1. The van der Waals surface area contributed by atoms with Crippen LogP contribution in [0.15, 0.2) is 66.7 Å². The number of nitrogens with one attached hydrogen (secondary N) is 1. The van der Waals surface area contributed by atoms with Gasteiger partial charge in [-0.25, -0.2) is 9.59 Å². The number of likely N-dealkylation sites (tertiary alicyclic amines) is 1. The normalized spacial score (nSPS) is 23.3. The van der Waals surface area contributed by atoms with Crippen LogP contribution >= 0.6 is 0 Å². The van der Waals surface area contributed by atoms with Gasteiger partial charge in [-0.15, -0.1) is 0 Å². The SMILES string of the molecule is CC(C)COC(=O)c1ccc(NC(=O)COC(=O)[C@H](Cc2ccccc2)N2C(=O)[C@H]3[C@H](C2=O)[C@H]2C=C[C@H]3C2)cc1. The van der Waals surface area contributed by atoms with Crippen LogP contribution in [0.25, 0.3) is 0 Å². The summed E-state index contributed by atoms with van der Waals surface area (Å²) < 4.78 is 10.5. The zero-order valence-corrected chi connectivity index (χ0v) is 22.4. The maximum Gasteiger partial charge on any atom is 0.338 e. The highest BCUT2D eigenvalue weighted by Crippen LogP contribution is 2.53. The summed E-state index contributed by atoms with van der Waals surface area (Å²) in [6.45, 7) is 3.59. The number of fused-ring (bicyclic) bond motifs is 5. The summed E-state index contributed by atoms with van der Waals surface area (Å²) in [7, 11) is 0. The lowest BCUT2D eigenvalue weighted by atomic mass is 9.85. The molecule has 9 nitrogen and oxygen atoms in total. The van der Waals surface area contributed by atoms with Gasteiger partial charge in [-0.3, -0.25) is 19.3 Å². The van der Waals surface area contributed by atoms with Crippen molar-refractivity contribution in [3.05, 3.63) is 77.9 Å². The number of ether oxygens (including phenoxy) is 2. The van der Waals surface area contributed by atoms with Crippen LogP contribution in [0.4, 0.5) is 5.69 Å². The fourth-order valence-corrected chi connectivity index (χ4v) is 5.80. The number of carbonyl (C=O) groups excluding carboxylic acids is 5. The molecule has 0 radical (unpaired) electrons. The largest absolute Gasteiger partial charge is 0.462 e. The number of anilines is 1. The molecule has 9 heteroatoms. The quantitative estimate of drug-likeness (QED) is 0.277. The van der Waals surface area contributed by atoms with Gasteiger partial charge in [0.2, 0.25) is 11.8 Å². The molecule has 5 atom stereocenters. The van der Waals surface area contributed by atoms with Crippen molar-refractivity contribution in [2.45, 2.75) is 32.7 Å². The second-order valence-electron chi connectivity index (χ2n) is 11.0. The number of allylic oxidation sites excluding steroid dienone is 2. The molecule has 0 unspecified atom stereocenters. The Morgan fingerprint density at radius 2 is 1.52 bits per heavy atom. The molecule has 1 N–H and O–H groups in total. The van der Waals surface area contributed by atoms with Crippen molar-refractivity contribution in [1.29, 1.82) is 0 Å². The lowest BCUT2D eigenvalue weighted by Gasteiger charge is -2.26. The van der Waals surface area contributed by atoms with E-state index in [9.17, 15) is 24.0 Å². The molecule has 2 aromatic rings. The lowest BCUT2D eigenvalue weighted by molar-refractivity contribution is -0.160. The first-order chi connectivity index (χ1) is 19.2. The van der Waals surface area contributed by atoms with Crippen LogP contribution in [-0.4, -0.2) is 53.8 Å². The highest BCUT2D eigenvalue weighted by molar-refractivity contribution is 6.09. The van der Waals surface area contributed by atoms with Crippen LogP contribution in [0.3, 0.4) is 0 Å². The summed E-state index contributed by atoms with van der Waals surface area (Å²) >= 11 is 0. The summed E-state index contributed by atoms with van der Waals surface area (Å²) in [5.41, 5.74) is 1.52. The van der Waals surface area contributed by atoms with Crippen LogP contribution in [0.2, 0.25) is 0 Å². The van der Waals surface area contributed by atoms with Crippen LogP contribution in [0.5, 0.6) is 0 Å². The molecule has 40 heavy (non-hydrogen) atoms. The van der Waals surface area contributed by atoms with Crippen molar-refractivity contribution in [2.24, 2.45) is 29.6 Å². The van der Waals surface area contributed by atoms with Crippen molar-refractivity contribution in [2.75, 3.05) is 18.5 Å². The first-order valence-electron chi connectivity index (χ1n) is 13.6. The number of carbonyl (C=O) groups is 5. The highest BCUT2D eigenvalue weighted by atomic mass is 16.5. The Balaban J connectivity index is 1.22. The third-order valence-corrected chi connectivity index (χ3v) is 7.66. The van der Waals surface area contributed by atoms with Crippen molar-refractivity contribution < 1.29 is 33.4 Å². The van der Waals surface area contributed by atoms with Gasteiger partial charge in [0.25, 0.3) is 5.91 Å². The predicted molar refractivity (Wildman–Crippen MR) is 145 cm³/mol. The number of amides is 3. The van der Waals surface area contributed by atoms with Gasteiger partial charge < -0.3 is 14.8 Å². The molecule has 1 saturated carbocycles. The lowest BCUT2D eigenvalue weighted by Crippen LogP contribution is -2.48. The fourth-order valence-electron chi connectivity index (χ4n) is 5.80. The maximum atomic E-state index is 13.4. The molecule has 3 amide bonds. The summed E-state index contributed by atoms with van der Waals surface area (Å²) in [5.74, 6) is -3.20. The average Bonchev–Trinajstić information content (AvgIpc) is 3.64. The van der Waals surface area contributed by atoms with Crippen LogP contribution in [-0.2, 0) is 35.1 Å². The van der Waals surface area contributed by atoms with Crippen LogP contribution in [0.1, 0.15) is 36.2 Å². The number of hydrogen-bond acceptors (Lipinski definition) is 7. The van der Waals surface area contributed by atoms with Crippen molar-refractivity contribution in [1.82, 2.24) is 4.90 Å². The van der Waals surface area contributed by atoms with Crippen LogP contribution in [0, 0.1) is 29.6 Å². The summed E-state index contributed by atoms with van der Waals surface area (Å²) in [6.07, 6.45) is 4.87. The Kier molecular flexibility index (Phi) is 7.82. The van der Waals surface area contributed by atoms with E-state index in [1.807, 2.05) is 56.3 Å². The van der Waals surface area contributed by atoms with Crippen molar-refractivity contribution in [3.63, 3.8) is 0 Å². The van der Waals surface area contributed by atoms with E-state index in [1.54, 1.807) is 12.1 Å². The minimum absolute atomic E-state index is 0.0130. The Hall–Kier alpha value is -4.27. The summed E-state index contributed by atoms with van der Waals surface area (Å²) in [5, 5.41) is 2.62. The van der Waals surface area contributed by atoms with Gasteiger partial charge in [-0.05, 0) is 54.0 Å². The molecule has 2 fully saturated rings. The Morgan fingerprint density at radius 3 is 2.12 bits per heavy atom. The molecular formula is C31H32N2O7. The smallest absolute Gasteiger partial charge is 0.338 e. The van der Waals surface area contributed by atoms with E-state index < -0.39 is 42.3 Å². The van der Waals surface area contributed by atoms with Gasteiger partial charge in [0, 0.05) is 12.1 Å². The Labute approximate surface area is 232 Å².